The molecule has 0 unspecified atom stereocenters. The maximum atomic E-state index is 10.8. The average molecular weight is 162 g/mol. The van der Waals surface area contributed by atoms with Crippen LogP contribution in [0.15, 0.2) is 17.1 Å². The lowest BCUT2D eigenvalue weighted by molar-refractivity contribution is 0.981. The van der Waals surface area contributed by atoms with Crippen LogP contribution in [0, 0.1) is 11.8 Å². The third-order valence-corrected chi connectivity index (χ3v) is 1.25. The summed E-state index contributed by atoms with van der Waals surface area (Å²) >= 11 is 0. The first-order valence-corrected chi connectivity index (χ1v) is 3.87. The van der Waals surface area contributed by atoms with Gasteiger partial charge < -0.3 is 0 Å². The molecular formula is C9H10N2O. The van der Waals surface area contributed by atoms with Gasteiger partial charge >= 0.3 is 0 Å². The standard InChI is InChI=1S/C9H10N2O/c1-2-3-4-5-8-10-7-6-9(12)11-8/h6-7H,2-3H2,1H3,(H,10,11,12). The van der Waals surface area contributed by atoms with E-state index in [0.29, 0.717) is 5.82 Å². The van der Waals surface area contributed by atoms with Gasteiger partial charge in [0.2, 0.25) is 0 Å². The highest BCUT2D eigenvalue weighted by molar-refractivity contribution is 5.19. The predicted molar refractivity (Wildman–Crippen MR) is 46.6 cm³/mol. The summed E-state index contributed by atoms with van der Waals surface area (Å²) in [6.45, 7) is 2.05. The van der Waals surface area contributed by atoms with E-state index < -0.39 is 0 Å². The summed E-state index contributed by atoms with van der Waals surface area (Å²) < 4.78 is 0. The number of aromatic nitrogens is 2. The molecule has 0 atom stereocenters. The number of nitrogens with one attached hydrogen (secondary N) is 1. The number of unbranched alkanes of at least 4 members (excludes halogenated alkanes) is 1. The molecular weight excluding hydrogens is 152 g/mol. The van der Waals surface area contributed by atoms with Crippen LogP contribution >= 0.6 is 0 Å². The molecule has 0 aliphatic carbocycles. The molecule has 0 radical (unpaired) electrons. The zero-order chi connectivity index (χ0) is 8.81. The molecule has 3 nitrogen and oxygen atoms in total. The lowest BCUT2D eigenvalue weighted by Gasteiger charge is -1.85. The van der Waals surface area contributed by atoms with E-state index in [1.807, 2.05) is 0 Å². The highest BCUT2D eigenvalue weighted by atomic mass is 16.1. The Morgan fingerprint density at radius 2 is 2.50 bits per heavy atom. The average Bonchev–Trinajstić information content (AvgIpc) is 2.05. The molecule has 0 spiro atoms. The van der Waals surface area contributed by atoms with Gasteiger partial charge in [0.15, 0.2) is 5.82 Å². The second-order valence-electron chi connectivity index (χ2n) is 2.33. The van der Waals surface area contributed by atoms with Crippen molar-refractivity contribution in [1.82, 2.24) is 9.97 Å². The number of nitrogens with zero attached hydrogens (tertiary/aromatic N) is 1. The van der Waals surface area contributed by atoms with E-state index in [4.69, 9.17) is 0 Å². The van der Waals surface area contributed by atoms with E-state index in [1.165, 1.54) is 12.3 Å². The monoisotopic (exact) mass is 162 g/mol. The summed E-state index contributed by atoms with van der Waals surface area (Å²) in [6, 6.07) is 1.37. The molecule has 1 aromatic heterocycles. The fraction of sp³-hybridized carbons (Fsp3) is 0.333. The molecule has 0 aliphatic rings. The Morgan fingerprint density at radius 1 is 1.67 bits per heavy atom. The largest absolute Gasteiger partial charge is 0.300 e. The van der Waals surface area contributed by atoms with Crippen molar-refractivity contribution in [2.24, 2.45) is 0 Å². The summed E-state index contributed by atoms with van der Waals surface area (Å²) in [5.41, 5.74) is -0.161. The Labute approximate surface area is 70.9 Å². The molecule has 1 heterocycles. The maximum Gasteiger partial charge on any atom is 0.251 e. The van der Waals surface area contributed by atoms with Crippen molar-refractivity contribution in [3.05, 3.63) is 28.4 Å². The van der Waals surface area contributed by atoms with Crippen LogP contribution in [0.25, 0.3) is 0 Å². The first kappa shape index (κ1) is 8.54. The molecule has 12 heavy (non-hydrogen) atoms. The third-order valence-electron chi connectivity index (χ3n) is 1.25. The minimum absolute atomic E-state index is 0.161. The molecule has 1 rings (SSSR count). The van der Waals surface area contributed by atoms with E-state index in [2.05, 4.69) is 28.7 Å². The Hall–Kier alpha value is -1.56. The van der Waals surface area contributed by atoms with E-state index in [0.717, 1.165) is 12.8 Å². The van der Waals surface area contributed by atoms with Gasteiger partial charge in [-0.2, -0.15) is 0 Å². The fourth-order valence-corrected chi connectivity index (χ4v) is 0.705. The van der Waals surface area contributed by atoms with Gasteiger partial charge in [-0.3, -0.25) is 9.78 Å². The van der Waals surface area contributed by atoms with Crippen molar-refractivity contribution in [3.63, 3.8) is 0 Å². The highest BCUT2D eigenvalue weighted by Gasteiger charge is 1.86. The highest BCUT2D eigenvalue weighted by Crippen LogP contribution is 1.83. The molecule has 62 valence electrons. The lowest BCUT2D eigenvalue weighted by atomic mass is 10.3. The Bertz CT molecular complexity index is 357. The zero-order valence-electron chi connectivity index (χ0n) is 6.92. The first-order chi connectivity index (χ1) is 5.83. The van der Waals surface area contributed by atoms with Crippen LogP contribution in [0.1, 0.15) is 25.6 Å². The second-order valence-corrected chi connectivity index (χ2v) is 2.33. The molecule has 0 saturated carbocycles. The number of aromatic amines is 1. The van der Waals surface area contributed by atoms with Crippen molar-refractivity contribution in [1.29, 1.82) is 0 Å². The molecule has 0 bridgehead atoms. The zero-order valence-corrected chi connectivity index (χ0v) is 6.92. The van der Waals surface area contributed by atoms with Gasteiger partial charge in [-0.05, 0) is 12.3 Å². The normalized spacial score (nSPS) is 8.75. The van der Waals surface area contributed by atoms with Crippen molar-refractivity contribution < 1.29 is 0 Å². The summed E-state index contributed by atoms with van der Waals surface area (Å²) in [5.74, 6) is 6.11. The maximum absolute atomic E-state index is 10.8. The van der Waals surface area contributed by atoms with Crippen LogP contribution in [0.3, 0.4) is 0 Å². The fourth-order valence-electron chi connectivity index (χ4n) is 0.705. The predicted octanol–water partition coefficient (Wildman–Crippen LogP) is 0.921. The Kier molecular flexibility index (Phi) is 3.09. The van der Waals surface area contributed by atoms with E-state index in [1.54, 1.807) is 0 Å². The van der Waals surface area contributed by atoms with Crippen LogP contribution in [-0.2, 0) is 0 Å². The van der Waals surface area contributed by atoms with Crippen molar-refractivity contribution in [2.75, 3.05) is 0 Å². The van der Waals surface area contributed by atoms with Gasteiger partial charge in [0.1, 0.15) is 0 Å². The van der Waals surface area contributed by atoms with Gasteiger partial charge in [0.25, 0.3) is 5.56 Å². The van der Waals surface area contributed by atoms with Gasteiger partial charge in [-0.15, -0.1) is 0 Å². The minimum Gasteiger partial charge on any atom is -0.300 e. The molecule has 1 aromatic rings. The molecule has 0 saturated heterocycles. The van der Waals surface area contributed by atoms with Crippen molar-refractivity contribution >= 4 is 0 Å². The Morgan fingerprint density at radius 3 is 3.17 bits per heavy atom. The molecule has 0 amide bonds. The quantitative estimate of drug-likeness (QED) is 0.624. The SMILES string of the molecule is CCCC#Cc1nccc(=O)[nH]1. The second kappa shape index (κ2) is 4.35. The summed E-state index contributed by atoms with van der Waals surface area (Å²) in [7, 11) is 0. The summed E-state index contributed by atoms with van der Waals surface area (Å²) in [6.07, 6.45) is 3.30. The molecule has 0 fully saturated rings. The van der Waals surface area contributed by atoms with E-state index in [-0.39, 0.29) is 5.56 Å². The van der Waals surface area contributed by atoms with Crippen LogP contribution in [-0.4, -0.2) is 9.97 Å². The number of H-pyrrole nitrogens is 1. The third kappa shape index (κ3) is 2.59. The lowest BCUT2D eigenvalue weighted by Crippen LogP contribution is -2.06. The van der Waals surface area contributed by atoms with Crippen LogP contribution < -0.4 is 5.56 Å². The van der Waals surface area contributed by atoms with Crippen molar-refractivity contribution in [2.45, 2.75) is 19.8 Å². The number of hydrogen-bond donors (Lipinski definition) is 1. The van der Waals surface area contributed by atoms with E-state index >= 15 is 0 Å². The van der Waals surface area contributed by atoms with Crippen molar-refractivity contribution in [3.8, 4) is 11.8 Å². The van der Waals surface area contributed by atoms with Gasteiger partial charge in [0.05, 0.1) is 0 Å². The summed E-state index contributed by atoms with van der Waals surface area (Å²) in [4.78, 5) is 17.2. The van der Waals surface area contributed by atoms with Crippen LogP contribution in [0.5, 0.6) is 0 Å². The smallest absolute Gasteiger partial charge is 0.251 e. The molecule has 0 aliphatic heterocycles. The molecule has 3 heteroatoms. The van der Waals surface area contributed by atoms with E-state index in [9.17, 15) is 4.79 Å². The number of rotatable bonds is 1. The molecule has 1 N–H and O–H groups in total. The topological polar surface area (TPSA) is 45.8 Å². The van der Waals surface area contributed by atoms with Crippen LogP contribution in [0.2, 0.25) is 0 Å². The molecule has 0 aromatic carbocycles. The van der Waals surface area contributed by atoms with Gasteiger partial charge in [-0.1, -0.05) is 12.8 Å². The number of hydrogen-bond acceptors (Lipinski definition) is 2. The van der Waals surface area contributed by atoms with Crippen LogP contribution in [0.4, 0.5) is 0 Å². The first-order valence-electron chi connectivity index (χ1n) is 3.87. The minimum atomic E-state index is -0.161. The summed E-state index contributed by atoms with van der Waals surface area (Å²) in [5, 5.41) is 0. The van der Waals surface area contributed by atoms with Gasteiger partial charge in [0, 0.05) is 18.7 Å². The Balaban J connectivity index is 2.78. The van der Waals surface area contributed by atoms with Gasteiger partial charge in [-0.25, -0.2) is 4.98 Å².